The smallest absolute Gasteiger partial charge is 0.265 e. The zero-order valence-corrected chi connectivity index (χ0v) is 13.0. The van der Waals surface area contributed by atoms with Gasteiger partial charge in [-0.25, -0.2) is 8.78 Å². The number of carbonyl (C=O) groups is 1. The predicted octanol–water partition coefficient (Wildman–Crippen LogP) is 1.83. The molecular weight excluding hydrogens is 318 g/mol. The number of H-pyrrole nitrogens is 1. The van der Waals surface area contributed by atoms with Gasteiger partial charge in [-0.3, -0.25) is 9.48 Å². The number of halogens is 2. The molecule has 4 aliphatic rings. The lowest BCUT2D eigenvalue weighted by atomic mass is 9.77. The Bertz CT molecular complexity index is 839. The molecule has 0 spiro atoms. The minimum Gasteiger partial charge on any atom is -0.307 e. The van der Waals surface area contributed by atoms with Crippen LogP contribution in [0, 0.1) is 23.2 Å². The molecule has 4 bridgehead atoms. The average molecular weight is 334 g/mol. The fourth-order valence-electron chi connectivity index (χ4n) is 5.09. The number of hydrogen-bond acceptors (Lipinski definition) is 4. The minimum absolute atomic E-state index is 0.169. The summed E-state index contributed by atoms with van der Waals surface area (Å²) in [5.41, 5.74) is -0.509. The SMILES string of the molecule is Cn1nccc1-c1n[nH]nc1NC(=O)C12C3CCC(CC31)C2(F)F. The highest BCUT2D eigenvalue weighted by Gasteiger charge is 2.88. The van der Waals surface area contributed by atoms with Gasteiger partial charge >= 0.3 is 0 Å². The quantitative estimate of drug-likeness (QED) is 0.896. The van der Waals surface area contributed by atoms with Gasteiger partial charge in [-0.15, -0.1) is 5.10 Å². The topological polar surface area (TPSA) is 88.5 Å². The third kappa shape index (κ3) is 1.41. The minimum atomic E-state index is -2.93. The second-order valence-electron chi connectivity index (χ2n) is 7.03. The van der Waals surface area contributed by atoms with Crippen molar-refractivity contribution in [3.63, 3.8) is 0 Å². The first-order valence-electron chi connectivity index (χ1n) is 8.06. The first kappa shape index (κ1) is 14.1. The van der Waals surface area contributed by atoms with Crippen LogP contribution in [0.4, 0.5) is 14.6 Å². The number of aromatic nitrogens is 5. The Hall–Kier alpha value is -2.32. The Morgan fingerprint density at radius 2 is 2.21 bits per heavy atom. The summed E-state index contributed by atoms with van der Waals surface area (Å²) in [5, 5.41) is 17.1. The van der Waals surface area contributed by atoms with Gasteiger partial charge in [0, 0.05) is 19.2 Å². The molecule has 0 saturated heterocycles. The van der Waals surface area contributed by atoms with Crippen molar-refractivity contribution in [1.29, 1.82) is 0 Å². The van der Waals surface area contributed by atoms with Crippen LogP contribution in [0.2, 0.25) is 0 Å². The van der Waals surface area contributed by atoms with Gasteiger partial charge in [0.2, 0.25) is 5.91 Å². The number of aryl methyl sites for hydroxylation is 1. The number of nitrogens with zero attached hydrogens (tertiary/aromatic N) is 4. The summed E-state index contributed by atoms with van der Waals surface area (Å²) >= 11 is 0. The molecule has 0 radical (unpaired) electrons. The van der Waals surface area contributed by atoms with E-state index >= 15 is 0 Å². The van der Waals surface area contributed by atoms with Crippen LogP contribution >= 0.6 is 0 Å². The Labute approximate surface area is 135 Å². The second kappa shape index (κ2) is 4.20. The lowest BCUT2D eigenvalue weighted by Gasteiger charge is -2.34. The van der Waals surface area contributed by atoms with Gasteiger partial charge in [-0.1, -0.05) is 0 Å². The zero-order valence-electron chi connectivity index (χ0n) is 13.0. The Balaban J connectivity index is 1.48. The molecular formula is C15H16F2N6O. The van der Waals surface area contributed by atoms with Gasteiger partial charge < -0.3 is 5.32 Å². The predicted molar refractivity (Wildman–Crippen MR) is 78.9 cm³/mol. The Morgan fingerprint density at radius 3 is 2.83 bits per heavy atom. The van der Waals surface area contributed by atoms with Crippen molar-refractivity contribution in [2.24, 2.45) is 30.2 Å². The standard InChI is InChI=1S/C15H16F2N6O/c1-23-10(4-5-18-23)11-12(21-22-20-11)19-13(24)14-8-3-2-7(6-9(8)14)15(14,16)17/h4-5,7-9H,2-3,6H2,1H3,(H2,19,20,21,22,24). The number of carbonyl (C=O) groups excluding carboxylic acids is 1. The first-order valence-corrected chi connectivity index (χ1v) is 8.06. The monoisotopic (exact) mass is 334 g/mol. The van der Waals surface area contributed by atoms with Gasteiger partial charge in [0.25, 0.3) is 5.92 Å². The highest BCUT2D eigenvalue weighted by Crippen LogP contribution is 2.81. The summed E-state index contributed by atoms with van der Waals surface area (Å²) in [4.78, 5) is 12.8. The van der Waals surface area contributed by atoms with E-state index < -0.39 is 23.2 Å². The molecule has 4 unspecified atom stereocenters. The largest absolute Gasteiger partial charge is 0.307 e. The van der Waals surface area contributed by atoms with Crippen LogP contribution in [0.5, 0.6) is 0 Å². The van der Waals surface area contributed by atoms with Crippen LogP contribution in [-0.2, 0) is 11.8 Å². The molecule has 7 nitrogen and oxygen atoms in total. The molecule has 24 heavy (non-hydrogen) atoms. The normalized spacial score (nSPS) is 35.0. The summed E-state index contributed by atoms with van der Waals surface area (Å²) < 4.78 is 31.0. The van der Waals surface area contributed by atoms with Crippen molar-refractivity contribution < 1.29 is 13.6 Å². The fourth-order valence-corrected chi connectivity index (χ4v) is 5.09. The van der Waals surface area contributed by atoms with Crippen LogP contribution in [0.3, 0.4) is 0 Å². The number of rotatable bonds is 3. The zero-order chi connectivity index (χ0) is 16.7. The molecule has 0 aliphatic heterocycles. The fraction of sp³-hybridized carbons (Fsp3) is 0.600. The number of amides is 1. The van der Waals surface area contributed by atoms with Gasteiger partial charge in [0.05, 0.1) is 5.69 Å². The van der Waals surface area contributed by atoms with Gasteiger partial charge in [0.15, 0.2) is 11.5 Å². The number of aromatic amines is 1. The van der Waals surface area contributed by atoms with Crippen molar-refractivity contribution >= 4 is 11.7 Å². The second-order valence-corrected chi connectivity index (χ2v) is 7.03. The van der Waals surface area contributed by atoms with E-state index in [-0.39, 0.29) is 17.7 Å². The third-order valence-electron chi connectivity index (χ3n) is 6.19. The van der Waals surface area contributed by atoms with E-state index in [1.807, 2.05) is 0 Å². The Morgan fingerprint density at radius 1 is 1.38 bits per heavy atom. The number of alkyl halides is 2. The molecule has 126 valence electrons. The van der Waals surface area contributed by atoms with Gasteiger partial charge in [-0.05, 0) is 37.2 Å². The number of anilines is 1. The molecule has 4 aliphatic carbocycles. The first-order chi connectivity index (χ1) is 11.5. The number of fused-ring (bicyclic) bond motifs is 1. The average Bonchev–Trinajstić information content (AvgIpc) is 2.80. The maximum absolute atomic E-state index is 14.7. The third-order valence-corrected chi connectivity index (χ3v) is 6.19. The van der Waals surface area contributed by atoms with Gasteiger partial charge in [0.1, 0.15) is 5.41 Å². The lowest BCUT2D eigenvalue weighted by molar-refractivity contribution is -0.154. The van der Waals surface area contributed by atoms with Crippen molar-refractivity contribution in [3.8, 4) is 11.4 Å². The van der Waals surface area contributed by atoms with Crippen LogP contribution in [0.15, 0.2) is 12.3 Å². The number of hydrogen-bond donors (Lipinski definition) is 2. The van der Waals surface area contributed by atoms with E-state index in [1.54, 1.807) is 24.0 Å². The van der Waals surface area contributed by atoms with E-state index in [1.165, 1.54) is 0 Å². The molecule has 9 heteroatoms. The van der Waals surface area contributed by atoms with E-state index in [2.05, 4.69) is 25.8 Å². The number of nitrogens with one attached hydrogen (secondary N) is 2. The molecule has 2 N–H and O–H groups in total. The van der Waals surface area contributed by atoms with Crippen molar-refractivity contribution in [3.05, 3.63) is 12.3 Å². The maximum atomic E-state index is 14.7. The highest BCUT2D eigenvalue weighted by atomic mass is 19.3. The summed E-state index contributed by atoms with van der Waals surface area (Å²) in [7, 11) is 1.73. The van der Waals surface area contributed by atoms with E-state index in [0.717, 1.165) is 0 Å². The molecule has 1 amide bonds. The van der Waals surface area contributed by atoms with E-state index in [4.69, 9.17) is 0 Å². The summed E-state index contributed by atoms with van der Waals surface area (Å²) in [5.74, 6) is -4.44. The van der Waals surface area contributed by atoms with Crippen LogP contribution in [0.25, 0.3) is 11.4 Å². The maximum Gasteiger partial charge on any atom is 0.265 e. The molecule has 2 heterocycles. The molecule has 2 aromatic rings. The summed E-state index contributed by atoms with van der Waals surface area (Å²) in [6, 6.07) is 1.72. The van der Waals surface area contributed by atoms with Crippen molar-refractivity contribution in [1.82, 2.24) is 25.2 Å². The molecule has 4 fully saturated rings. The van der Waals surface area contributed by atoms with Crippen LogP contribution in [0.1, 0.15) is 19.3 Å². The molecule has 2 aromatic heterocycles. The molecule has 4 saturated carbocycles. The lowest BCUT2D eigenvalue weighted by Crippen LogP contribution is -2.46. The van der Waals surface area contributed by atoms with E-state index in [0.29, 0.717) is 30.7 Å². The molecule has 4 atom stereocenters. The van der Waals surface area contributed by atoms with Crippen LogP contribution in [-0.4, -0.2) is 37.0 Å². The molecule has 6 rings (SSSR count). The summed E-state index contributed by atoms with van der Waals surface area (Å²) in [6.45, 7) is 0. The van der Waals surface area contributed by atoms with Crippen LogP contribution < -0.4 is 5.32 Å². The Kier molecular flexibility index (Phi) is 2.46. The summed E-state index contributed by atoms with van der Waals surface area (Å²) in [6.07, 6.45) is 3.28. The van der Waals surface area contributed by atoms with E-state index in [9.17, 15) is 13.6 Å². The molecule has 0 aromatic carbocycles. The highest BCUT2D eigenvalue weighted by molar-refractivity contribution is 6.00. The van der Waals surface area contributed by atoms with Crippen molar-refractivity contribution in [2.75, 3.05) is 5.32 Å². The van der Waals surface area contributed by atoms with Crippen molar-refractivity contribution in [2.45, 2.75) is 25.2 Å². The van der Waals surface area contributed by atoms with Gasteiger partial charge in [-0.2, -0.15) is 15.4 Å².